The van der Waals surface area contributed by atoms with Gasteiger partial charge in [-0.05, 0) is 38.5 Å². The summed E-state index contributed by atoms with van der Waals surface area (Å²) in [5, 5.41) is 3.08. The Morgan fingerprint density at radius 1 is 0.571 bits per heavy atom. The predicted molar refractivity (Wildman–Crippen MR) is 126 cm³/mol. The summed E-state index contributed by atoms with van der Waals surface area (Å²) in [7, 11) is 0. The number of rotatable bonds is 22. The summed E-state index contributed by atoms with van der Waals surface area (Å²) in [4.78, 5) is 11.8. The number of hydrogen-bond acceptors (Lipinski definition) is 1. The fourth-order valence-electron chi connectivity index (χ4n) is 3.58. The SMILES string of the molecule is CCCCCCCCC=CCCCCCCCC(=O)NCCCCCCCC. The molecule has 0 aromatic heterocycles. The Kier molecular flexibility index (Phi) is 23.6. The van der Waals surface area contributed by atoms with Crippen LogP contribution in [-0.2, 0) is 4.79 Å². The van der Waals surface area contributed by atoms with Gasteiger partial charge in [-0.15, -0.1) is 0 Å². The molecule has 166 valence electrons. The van der Waals surface area contributed by atoms with Crippen LogP contribution >= 0.6 is 0 Å². The number of amides is 1. The molecule has 0 heterocycles. The van der Waals surface area contributed by atoms with Crippen molar-refractivity contribution in [1.29, 1.82) is 0 Å². The van der Waals surface area contributed by atoms with Crippen LogP contribution in [0.15, 0.2) is 12.2 Å². The quantitative estimate of drug-likeness (QED) is 0.145. The van der Waals surface area contributed by atoms with E-state index in [1.165, 1.54) is 109 Å². The van der Waals surface area contributed by atoms with Gasteiger partial charge >= 0.3 is 0 Å². The van der Waals surface area contributed by atoms with Gasteiger partial charge in [0.25, 0.3) is 0 Å². The number of allylic oxidation sites excluding steroid dienone is 2. The summed E-state index contributed by atoms with van der Waals surface area (Å²) < 4.78 is 0. The molecule has 2 heteroatoms. The van der Waals surface area contributed by atoms with Crippen molar-refractivity contribution < 1.29 is 4.79 Å². The van der Waals surface area contributed by atoms with Gasteiger partial charge in [0.15, 0.2) is 0 Å². The zero-order chi connectivity index (χ0) is 20.5. The molecule has 0 bridgehead atoms. The van der Waals surface area contributed by atoms with E-state index in [0.29, 0.717) is 6.42 Å². The molecule has 0 saturated heterocycles. The van der Waals surface area contributed by atoms with Crippen LogP contribution in [0.25, 0.3) is 0 Å². The fourth-order valence-corrected chi connectivity index (χ4v) is 3.58. The summed E-state index contributed by atoms with van der Waals surface area (Å²) in [6.45, 7) is 5.39. The van der Waals surface area contributed by atoms with E-state index in [1.807, 2.05) is 0 Å². The maximum Gasteiger partial charge on any atom is 0.219 e. The molecule has 28 heavy (non-hydrogen) atoms. The fraction of sp³-hybridized carbons (Fsp3) is 0.885. The first-order valence-electron chi connectivity index (χ1n) is 12.7. The number of carbonyl (C=O) groups is 1. The Morgan fingerprint density at radius 3 is 1.54 bits per heavy atom. The van der Waals surface area contributed by atoms with Crippen LogP contribution in [0, 0.1) is 0 Å². The molecule has 0 unspecified atom stereocenters. The summed E-state index contributed by atoms with van der Waals surface area (Å²) >= 11 is 0. The Labute approximate surface area is 177 Å². The Bertz CT molecular complexity index is 337. The summed E-state index contributed by atoms with van der Waals surface area (Å²) in [6.07, 6.45) is 30.2. The molecule has 0 radical (unpaired) electrons. The van der Waals surface area contributed by atoms with E-state index >= 15 is 0 Å². The van der Waals surface area contributed by atoms with E-state index in [-0.39, 0.29) is 5.91 Å². The van der Waals surface area contributed by atoms with Crippen molar-refractivity contribution in [3.8, 4) is 0 Å². The van der Waals surface area contributed by atoms with Crippen LogP contribution < -0.4 is 5.32 Å². The summed E-state index contributed by atoms with van der Waals surface area (Å²) in [6, 6.07) is 0. The molecule has 2 nitrogen and oxygen atoms in total. The second kappa shape index (κ2) is 24.2. The highest BCUT2D eigenvalue weighted by atomic mass is 16.1. The van der Waals surface area contributed by atoms with Crippen LogP contribution in [-0.4, -0.2) is 12.5 Å². The first kappa shape index (κ1) is 27.2. The maximum absolute atomic E-state index is 11.8. The molecule has 0 saturated carbocycles. The van der Waals surface area contributed by atoms with Gasteiger partial charge in [0.05, 0.1) is 0 Å². The van der Waals surface area contributed by atoms with Crippen LogP contribution in [0.2, 0.25) is 0 Å². The molecular formula is C26H51NO. The highest BCUT2D eigenvalue weighted by Gasteiger charge is 2.00. The molecule has 0 aliphatic heterocycles. The topological polar surface area (TPSA) is 29.1 Å². The Morgan fingerprint density at radius 2 is 1.00 bits per heavy atom. The van der Waals surface area contributed by atoms with Crippen molar-refractivity contribution in [3.05, 3.63) is 12.2 Å². The van der Waals surface area contributed by atoms with Crippen molar-refractivity contribution in [1.82, 2.24) is 5.32 Å². The van der Waals surface area contributed by atoms with Crippen molar-refractivity contribution in [2.45, 2.75) is 142 Å². The van der Waals surface area contributed by atoms with Crippen LogP contribution in [0.3, 0.4) is 0 Å². The second-order valence-corrected chi connectivity index (χ2v) is 8.45. The lowest BCUT2D eigenvalue weighted by atomic mass is 10.1. The molecule has 1 N–H and O–H groups in total. The normalized spacial score (nSPS) is 11.4. The standard InChI is InChI=1S/C26H51NO/c1-3-5-7-9-11-12-13-14-15-16-17-18-19-20-22-24-26(28)27-25-23-21-10-8-6-4-2/h14-15H,3-13,16-25H2,1-2H3,(H,27,28). The molecule has 0 rings (SSSR count). The highest BCUT2D eigenvalue weighted by molar-refractivity contribution is 5.75. The van der Waals surface area contributed by atoms with E-state index in [4.69, 9.17) is 0 Å². The molecule has 0 fully saturated rings. The van der Waals surface area contributed by atoms with E-state index in [0.717, 1.165) is 19.4 Å². The van der Waals surface area contributed by atoms with Gasteiger partial charge in [-0.1, -0.05) is 109 Å². The smallest absolute Gasteiger partial charge is 0.219 e. The van der Waals surface area contributed by atoms with Crippen LogP contribution in [0.5, 0.6) is 0 Å². The van der Waals surface area contributed by atoms with E-state index in [2.05, 4.69) is 31.3 Å². The van der Waals surface area contributed by atoms with Gasteiger partial charge in [0, 0.05) is 13.0 Å². The summed E-state index contributed by atoms with van der Waals surface area (Å²) in [5.41, 5.74) is 0. The number of nitrogens with one attached hydrogen (secondary N) is 1. The molecule has 0 aromatic carbocycles. The summed E-state index contributed by atoms with van der Waals surface area (Å²) in [5.74, 6) is 0.256. The first-order valence-corrected chi connectivity index (χ1v) is 12.7. The average Bonchev–Trinajstić information content (AvgIpc) is 2.70. The first-order chi connectivity index (χ1) is 13.8. The van der Waals surface area contributed by atoms with Gasteiger partial charge in [0.2, 0.25) is 5.91 Å². The monoisotopic (exact) mass is 393 g/mol. The van der Waals surface area contributed by atoms with Gasteiger partial charge in [0.1, 0.15) is 0 Å². The third-order valence-electron chi connectivity index (χ3n) is 5.52. The minimum absolute atomic E-state index is 0.256. The molecule has 1 amide bonds. The zero-order valence-corrected chi connectivity index (χ0v) is 19.4. The Balaban J connectivity index is 3.19. The molecule has 0 aromatic rings. The van der Waals surface area contributed by atoms with Gasteiger partial charge < -0.3 is 5.32 Å². The third-order valence-corrected chi connectivity index (χ3v) is 5.52. The molecular weight excluding hydrogens is 342 g/mol. The zero-order valence-electron chi connectivity index (χ0n) is 19.4. The molecule has 0 atom stereocenters. The van der Waals surface area contributed by atoms with Gasteiger partial charge in [-0.3, -0.25) is 4.79 Å². The number of unbranched alkanes of at least 4 members (excludes halogenated alkanes) is 16. The van der Waals surface area contributed by atoms with E-state index < -0.39 is 0 Å². The van der Waals surface area contributed by atoms with Crippen molar-refractivity contribution in [3.63, 3.8) is 0 Å². The van der Waals surface area contributed by atoms with Crippen molar-refractivity contribution in [2.75, 3.05) is 6.54 Å². The minimum atomic E-state index is 0.256. The average molecular weight is 394 g/mol. The van der Waals surface area contributed by atoms with Crippen molar-refractivity contribution in [2.24, 2.45) is 0 Å². The van der Waals surface area contributed by atoms with E-state index in [9.17, 15) is 4.79 Å². The Hall–Kier alpha value is -0.790. The molecule has 0 aliphatic rings. The predicted octanol–water partition coefficient (Wildman–Crippen LogP) is 8.50. The van der Waals surface area contributed by atoms with Crippen molar-refractivity contribution >= 4 is 5.91 Å². The third kappa shape index (κ3) is 23.2. The molecule has 0 aliphatic carbocycles. The second-order valence-electron chi connectivity index (χ2n) is 8.45. The lowest BCUT2D eigenvalue weighted by Crippen LogP contribution is -2.23. The number of hydrogen-bond donors (Lipinski definition) is 1. The van der Waals surface area contributed by atoms with Crippen LogP contribution in [0.1, 0.15) is 142 Å². The number of carbonyl (C=O) groups excluding carboxylic acids is 1. The maximum atomic E-state index is 11.8. The highest BCUT2D eigenvalue weighted by Crippen LogP contribution is 2.10. The lowest BCUT2D eigenvalue weighted by Gasteiger charge is -2.05. The van der Waals surface area contributed by atoms with Crippen LogP contribution in [0.4, 0.5) is 0 Å². The largest absolute Gasteiger partial charge is 0.356 e. The van der Waals surface area contributed by atoms with Gasteiger partial charge in [-0.25, -0.2) is 0 Å². The minimum Gasteiger partial charge on any atom is -0.356 e. The van der Waals surface area contributed by atoms with E-state index in [1.54, 1.807) is 0 Å². The van der Waals surface area contributed by atoms with Gasteiger partial charge in [-0.2, -0.15) is 0 Å². The lowest BCUT2D eigenvalue weighted by molar-refractivity contribution is -0.121. The molecule has 0 spiro atoms.